The van der Waals surface area contributed by atoms with Crippen molar-refractivity contribution in [3.05, 3.63) is 28.9 Å². The molecular weight excluding hydrogens is 508 g/mol. The number of likely N-dealkylation sites (N-methyl/N-ethyl adjacent to an activating group) is 1. The number of thioether (sulfide) groups is 1. The van der Waals surface area contributed by atoms with Crippen molar-refractivity contribution in [1.29, 1.82) is 0 Å². The van der Waals surface area contributed by atoms with Gasteiger partial charge in [0.1, 0.15) is 10.8 Å². The molecule has 3 aliphatic heterocycles. The molecule has 1 aromatic heterocycles. The maximum Gasteiger partial charge on any atom is 0.229 e. The van der Waals surface area contributed by atoms with Gasteiger partial charge in [0, 0.05) is 57.1 Å². The topological polar surface area (TPSA) is 81.1 Å². The molecule has 0 bridgehead atoms. The Hall–Kier alpha value is -2.27. The number of anilines is 4. The first-order valence-electron chi connectivity index (χ1n) is 13.1. The van der Waals surface area contributed by atoms with Gasteiger partial charge in [-0.1, -0.05) is 30.3 Å². The van der Waals surface area contributed by atoms with Gasteiger partial charge in [-0.15, -0.1) is 0 Å². The van der Waals surface area contributed by atoms with Gasteiger partial charge in [-0.25, -0.2) is 4.98 Å². The average Bonchev–Trinajstić information content (AvgIpc) is 3.44. The van der Waals surface area contributed by atoms with Gasteiger partial charge in [-0.05, 0) is 37.9 Å². The van der Waals surface area contributed by atoms with E-state index < -0.39 is 0 Å². The summed E-state index contributed by atoms with van der Waals surface area (Å²) >= 11 is 7.97. The number of aromatic nitrogens is 2. The molecule has 0 saturated carbocycles. The molecule has 5 rings (SSSR count). The number of methoxy groups -OCH3 is 1. The molecule has 11 heteroatoms. The number of nitrogens with one attached hydrogen (secondary N) is 2. The summed E-state index contributed by atoms with van der Waals surface area (Å²) in [4.78, 5) is 20.9. The van der Waals surface area contributed by atoms with Gasteiger partial charge < -0.3 is 25.2 Å². The number of piperidine rings is 1. The highest BCUT2D eigenvalue weighted by atomic mass is 35.5. The van der Waals surface area contributed by atoms with Gasteiger partial charge in [0.2, 0.25) is 5.95 Å². The smallest absolute Gasteiger partial charge is 0.229 e. The fraction of sp³-hybridized carbons (Fsp3) is 0.577. The van der Waals surface area contributed by atoms with Crippen LogP contribution in [0.1, 0.15) is 25.3 Å². The predicted octanol–water partition coefficient (Wildman–Crippen LogP) is 4.17. The van der Waals surface area contributed by atoms with Crippen molar-refractivity contribution in [2.75, 3.05) is 75.5 Å². The number of benzene rings is 1. The number of ether oxygens (including phenoxy) is 1. The summed E-state index contributed by atoms with van der Waals surface area (Å²) in [6, 6.07) is 5.03. The molecule has 2 fully saturated rings. The number of rotatable bonds is 8. The number of hydrogen-bond donors (Lipinski definition) is 2. The molecule has 0 amide bonds. The third-order valence-electron chi connectivity index (χ3n) is 7.50. The van der Waals surface area contributed by atoms with Crippen molar-refractivity contribution >= 4 is 52.1 Å². The largest absolute Gasteiger partial charge is 0.494 e. The highest BCUT2D eigenvalue weighted by Gasteiger charge is 2.28. The minimum absolute atomic E-state index is 0.126. The monoisotopic (exact) mass is 544 g/mol. The lowest BCUT2D eigenvalue weighted by molar-refractivity contribution is 0.0982. The van der Waals surface area contributed by atoms with Gasteiger partial charge in [0.05, 0.1) is 36.5 Å². The van der Waals surface area contributed by atoms with Crippen LogP contribution < -0.4 is 20.3 Å². The van der Waals surface area contributed by atoms with Gasteiger partial charge in [0.25, 0.3) is 0 Å². The highest BCUT2D eigenvalue weighted by molar-refractivity contribution is 8.13. The molecule has 2 N–H and O–H groups in total. The molecule has 0 aliphatic carbocycles. The lowest BCUT2D eigenvalue weighted by atomic mass is 9.99. The maximum atomic E-state index is 6.36. The van der Waals surface area contributed by atoms with Crippen molar-refractivity contribution in [2.45, 2.75) is 37.6 Å². The summed E-state index contributed by atoms with van der Waals surface area (Å²) in [5.74, 6) is 1.84. The van der Waals surface area contributed by atoms with Crippen LogP contribution in [0.25, 0.3) is 0 Å². The second-order valence-electron chi connectivity index (χ2n) is 9.85. The number of hydrogen-bond acceptors (Lipinski definition) is 10. The van der Waals surface area contributed by atoms with E-state index in [1.54, 1.807) is 25.1 Å². The Bertz CT molecular complexity index is 1090. The first kappa shape index (κ1) is 26.3. The number of nitrogens with zero attached hydrogens (tertiary/aromatic N) is 6. The molecule has 0 spiro atoms. The van der Waals surface area contributed by atoms with Crippen molar-refractivity contribution in [1.82, 2.24) is 19.8 Å². The average molecular weight is 545 g/mol. The number of piperazine rings is 1. The molecule has 2 saturated heterocycles. The summed E-state index contributed by atoms with van der Waals surface area (Å²) in [7, 11) is 3.93. The first-order chi connectivity index (χ1) is 18.0. The molecule has 0 radical (unpaired) electrons. The molecule has 9 nitrogen and oxygen atoms in total. The van der Waals surface area contributed by atoms with Gasteiger partial charge in [-0.3, -0.25) is 9.89 Å². The van der Waals surface area contributed by atoms with Crippen molar-refractivity contribution in [3.8, 4) is 5.75 Å². The Morgan fingerprint density at radius 1 is 1.14 bits per heavy atom. The fourth-order valence-electron chi connectivity index (χ4n) is 5.30. The van der Waals surface area contributed by atoms with Gasteiger partial charge in [0.15, 0.2) is 5.82 Å². The zero-order valence-electron chi connectivity index (χ0n) is 21.9. The second-order valence-corrected chi connectivity index (χ2v) is 11.3. The summed E-state index contributed by atoms with van der Waals surface area (Å²) in [5.41, 5.74) is 5.24. The SMILES string of the molecule is CCc1cc(Nc2ncc(Cl)c(NC3CN=CS3)n2)c(OC)cc1N1CCC(N2CCN(C)CC2)CC1. The number of halogens is 1. The summed E-state index contributed by atoms with van der Waals surface area (Å²) in [6.07, 6.45) is 4.95. The van der Waals surface area contributed by atoms with E-state index in [0.29, 0.717) is 29.4 Å². The van der Waals surface area contributed by atoms with Crippen molar-refractivity contribution in [3.63, 3.8) is 0 Å². The number of aryl methyl sites for hydroxylation is 1. The van der Waals surface area contributed by atoms with Crippen LogP contribution in [0.15, 0.2) is 23.3 Å². The maximum absolute atomic E-state index is 6.36. The van der Waals surface area contributed by atoms with E-state index in [0.717, 1.165) is 30.9 Å². The highest BCUT2D eigenvalue weighted by Crippen LogP contribution is 2.37. The molecule has 4 heterocycles. The Morgan fingerprint density at radius 2 is 1.92 bits per heavy atom. The summed E-state index contributed by atoms with van der Waals surface area (Å²) in [6.45, 7) is 9.75. The molecular formula is C26H37ClN8OS. The number of aliphatic imine (C=N–C) groups is 1. The zero-order chi connectivity index (χ0) is 25.8. The quantitative estimate of drug-likeness (QED) is 0.508. The fourth-order valence-corrected chi connectivity index (χ4v) is 6.11. The molecule has 1 unspecified atom stereocenters. The van der Waals surface area contributed by atoms with Crippen LogP contribution in [0.5, 0.6) is 5.75 Å². The molecule has 37 heavy (non-hydrogen) atoms. The normalized spacial score (nSPS) is 21.4. The van der Waals surface area contributed by atoms with E-state index in [1.165, 1.54) is 50.3 Å². The molecule has 2 aromatic rings. The van der Waals surface area contributed by atoms with Crippen LogP contribution in [-0.2, 0) is 6.42 Å². The lowest BCUT2D eigenvalue weighted by Crippen LogP contribution is -2.52. The molecule has 1 atom stereocenters. The third-order valence-corrected chi connectivity index (χ3v) is 8.64. The van der Waals surface area contributed by atoms with Crippen LogP contribution in [0.3, 0.4) is 0 Å². The summed E-state index contributed by atoms with van der Waals surface area (Å²) in [5, 5.41) is 7.31. The minimum Gasteiger partial charge on any atom is -0.494 e. The van der Waals surface area contributed by atoms with E-state index in [1.807, 2.05) is 5.55 Å². The van der Waals surface area contributed by atoms with Crippen LogP contribution in [-0.4, -0.2) is 96.7 Å². The van der Waals surface area contributed by atoms with E-state index in [2.05, 4.69) is 66.4 Å². The van der Waals surface area contributed by atoms with Crippen molar-refractivity contribution in [2.24, 2.45) is 4.99 Å². The Balaban J connectivity index is 1.29. The zero-order valence-corrected chi connectivity index (χ0v) is 23.5. The molecule has 1 aromatic carbocycles. The van der Waals surface area contributed by atoms with Gasteiger partial charge >= 0.3 is 0 Å². The summed E-state index contributed by atoms with van der Waals surface area (Å²) < 4.78 is 5.82. The first-order valence-corrected chi connectivity index (χ1v) is 14.4. The van der Waals surface area contributed by atoms with Crippen molar-refractivity contribution < 1.29 is 4.74 Å². The van der Waals surface area contributed by atoms with Crippen LogP contribution >= 0.6 is 23.4 Å². The van der Waals surface area contributed by atoms with Crippen LogP contribution in [0.2, 0.25) is 5.02 Å². The second kappa shape index (κ2) is 12.1. The molecule has 200 valence electrons. The Morgan fingerprint density at radius 3 is 2.59 bits per heavy atom. The van der Waals surface area contributed by atoms with E-state index >= 15 is 0 Å². The van der Waals surface area contributed by atoms with E-state index in [9.17, 15) is 0 Å². The van der Waals surface area contributed by atoms with Crippen LogP contribution in [0.4, 0.5) is 23.1 Å². The minimum atomic E-state index is 0.126. The van der Waals surface area contributed by atoms with Gasteiger partial charge in [-0.2, -0.15) is 4.98 Å². The van der Waals surface area contributed by atoms with E-state index in [-0.39, 0.29) is 5.37 Å². The Labute approximate surface area is 229 Å². The standard InChI is InChI=1S/C26H37ClN8OS/c1-4-18-13-21(30-26-29-15-20(27)25(32-26)31-24-16-28-17-37-24)23(36-3)14-22(18)35-7-5-19(6-8-35)34-11-9-33(2)10-12-34/h13-15,17,19,24H,4-12,16H2,1-3H3,(H2,29,30,31,32). The predicted molar refractivity (Wildman–Crippen MR) is 155 cm³/mol. The third kappa shape index (κ3) is 6.25. The Kier molecular flexibility index (Phi) is 8.59. The van der Waals surface area contributed by atoms with E-state index in [4.69, 9.17) is 16.3 Å². The lowest BCUT2D eigenvalue weighted by Gasteiger charge is -2.43. The molecule has 3 aliphatic rings. The van der Waals surface area contributed by atoms with Crippen LogP contribution in [0, 0.1) is 0 Å².